The third-order valence-corrected chi connectivity index (χ3v) is 5.58. The van der Waals surface area contributed by atoms with Gasteiger partial charge >= 0.3 is 5.25 Å². The standard InChI is InChI=1S/C16H7F5N2O3S/c17-8-3-7(6-22)4-9(5-8)26-10-1-2-11-13(12(10)15(18)19)14(23)16(20,21)27(11,24)25/h1-5,15,23H. The summed E-state index contributed by atoms with van der Waals surface area (Å²) < 4.78 is 97.1. The van der Waals surface area contributed by atoms with E-state index >= 15 is 0 Å². The van der Waals surface area contributed by atoms with Gasteiger partial charge in [0.25, 0.3) is 6.43 Å². The Morgan fingerprint density at radius 2 is 1.85 bits per heavy atom. The van der Waals surface area contributed by atoms with E-state index < -0.39 is 54.8 Å². The van der Waals surface area contributed by atoms with Crippen molar-refractivity contribution in [2.45, 2.75) is 16.6 Å². The van der Waals surface area contributed by atoms with E-state index in [1.165, 1.54) is 0 Å². The van der Waals surface area contributed by atoms with Crippen LogP contribution in [0.1, 0.15) is 23.1 Å². The molecule has 2 aromatic carbocycles. The van der Waals surface area contributed by atoms with E-state index in [9.17, 15) is 30.4 Å². The first-order valence-corrected chi connectivity index (χ1v) is 8.54. The number of ether oxygens (including phenoxy) is 1. The van der Waals surface area contributed by atoms with Crippen LogP contribution in [0.25, 0.3) is 0 Å². The maximum Gasteiger partial charge on any atom is 0.391 e. The summed E-state index contributed by atoms with van der Waals surface area (Å²) in [4.78, 5) is -1.11. The van der Waals surface area contributed by atoms with Crippen LogP contribution >= 0.6 is 0 Å². The molecule has 3 rings (SSSR count). The van der Waals surface area contributed by atoms with E-state index in [-0.39, 0.29) is 11.3 Å². The number of halogens is 5. The van der Waals surface area contributed by atoms with E-state index in [0.29, 0.717) is 12.1 Å². The van der Waals surface area contributed by atoms with E-state index in [0.717, 1.165) is 18.2 Å². The van der Waals surface area contributed by atoms with Crippen LogP contribution in [-0.2, 0) is 9.84 Å². The number of nitrogens with zero attached hydrogens (tertiary/aromatic N) is 1. The minimum Gasteiger partial charge on any atom is -0.457 e. The van der Waals surface area contributed by atoms with Crippen molar-refractivity contribution in [2.75, 3.05) is 0 Å². The van der Waals surface area contributed by atoms with E-state index in [2.05, 4.69) is 0 Å². The topological polar surface area (TPSA) is 91.0 Å². The lowest BCUT2D eigenvalue weighted by Gasteiger charge is -2.14. The third-order valence-electron chi connectivity index (χ3n) is 3.78. The second kappa shape index (κ2) is 6.02. The first kappa shape index (κ1) is 18.8. The highest BCUT2D eigenvalue weighted by molar-refractivity contribution is 7.94. The van der Waals surface area contributed by atoms with Gasteiger partial charge < -0.3 is 4.74 Å². The van der Waals surface area contributed by atoms with Gasteiger partial charge in [0.1, 0.15) is 23.0 Å². The summed E-state index contributed by atoms with van der Waals surface area (Å²) in [5, 5.41) is 11.5. The number of sulfone groups is 1. The summed E-state index contributed by atoms with van der Waals surface area (Å²) in [5.41, 5.74) is -4.37. The van der Waals surface area contributed by atoms with Crippen molar-refractivity contribution in [3.8, 4) is 17.6 Å². The Bertz CT molecular complexity index is 1120. The maximum absolute atomic E-state index is 13.9. The summed E-state index contributed by atoms with van der Waals surface area (Å²) in [5.74, 6) is -2.03. The highest BCUT2D eigenvalue weighted by Crippen LogP contribution is 2.48. The lowest BCUT2D eigenvalue weighted by atomic mass is 10.0. The average Bonchev–Trinajstić information content (AvgIpc) is 2.71. The van der Waals surface area contributed by atoms with Crippen molar-refractivity contribution >= 4 is 15.5 Å². The van der Waals surface area contributed by atoms with Crippen molar-refractivity contribution in [1.82, 2.24) is 0 Å². The van der Waals surface area contributed by atoms with Gasteiger partial charge in [-0.05, 0) is 24.3 Å². The fourth-order valence-corrected chi connectivity index (χ4v) is 3.97. The Kier molecular flexibility index (Phi) is 4.19. The lowest BCUT2D eigenvalue weighted by molar-refractivity contribution is 0.147. The van der Waals surface area contributed by atoms with Crippen LogP contribution < -0.4 is 4.74 Å². The van der Waals surface area contributed by atoms with Crippen LogP contribution in [0.3, 0.4) is 0 Å². The normalized spacial score (nSPS) is 16.9. The maximum atomic E-state index is 13.9. The van der Waals surface area contributed by atoms with Crippen molar-refractivity contribution in [2.24, 2.45) is 0 Å². The average molecular weight is 402 g/mol. The highest BCUT2D eigenvalue weighted by Gasteiger charge is 2.59. The molecule has 0 bridgehead atoms. The molecule has 0 aliphatic carbocycles. The summed E-state index contributed by atoms with van der Waals surface area (Å²) in [6.45, 7) is 0. The molecule has 0 spiro atoms. The van der Waals surface area contributed by atoms with Crippen molar-refractivity contribution in [1.29, 1.82) is 10.7 Å². The first-order valence-electron chi connectivity index (χ1n) is 7.06. The van der Waals surface area contributed by atoms with E-state index in [1.807, 2.05) is 0 Å². The molecule has 1 aliphatic heterocycles. The van der Waals surface area contributed by atoms with Crippen LogP contribution in [0.5, 0.6) is 11.5 Å². The van der Waals surface area contributed by atoms with E-state index in [1.54, 1.807) is 6.07 Å². The van der Waals surface area contributed by atoms with Crippen LogP contribution in [-0.4, -0.2) is 19.4 Å². The molecule has 0 unspecified atom stereocenters. The number of rotatable bonds is 3. The van der Waals surface area contributed by atoms with Crippen molar-refractivity contribution < 1.29 is 35.1 Å². The molecule has 0 atom stereocenters. The molecule has 140 valence electrons. The summed E-state index contributed by atoms with van der Waals surface area (Å²) in [7, 11) is -5.35. The highest BCUT2D eigenvalue weighted by atomic mass is 32.2. The quantitative estimate of drug-likeness (QED) is 0.780. The Labute approximate surface area is 149 Å². The number of hydrogen-bond acceptors (Lipinski definition) is 5. The number of fused-ring (bicyclic) bond motifs is 1. The van der Waals surface area contributed by atoms with Crippen LogP contribution in [0, 0.1) is 22.6 Å². The number of benzene rings is 2. The Balaban J connectivity index is 2.22. The molecule has 11 heteroatoms. The van der Waals surface area contributed by atoms with Crippen molar-refractivity contribution in [3.05, 3.63) is 52.8 Å². The van der Waals surface area contributed by atoms with Crippen LogP contribution in [0.4, 0.5) is 22.0 Å². The molecule has 1 aliphatic rings. The molecule has 0 radical (unpaired) electrons. The second-order valence-corrected chi connectivity index (χ2v) is 7.40. The zero-order chi connectivity index (χ0) is 20.1. The number of alkyl halides is 4. The van der Waals surface area contributed by atoms with Crippen LogP contribution in [0.15, 0.2) is 35.2 Å². The minimum atomic E-state index is -5.35. The molecule has 27 heavy (non-hydrogen) atoms. The number of hydrogen-bond donors (Lipinski definition) is 1. The zero-order valence-electron chi connectivity index (χ0n) is 12.9. The summed E-state index contributed by atoms with van der Waals surface area (Å²) in [6, 6.07) is 5.58. The molecule has 2 aromatic rings. The molecular weight excluding hydrogens is 395 g/mol. The summed E-state index contributed by atoms with van der Waals surface area (Å²) in [6.07, 6.45) is -3.47. The predicted octanol–water partition coefficient (Wildman–Crippen LogP) is 4.18. The molecule has 0 amide bonds. The van der Waals surface area contributed by atoms with Gasteiger partial charge in [-0.25, -0.2) is 21.6 Å². The molecule has 1 heterocycles. The monoisotopic (exact) mass is 402 g/mol. The molecule has 0 fully saturated rings. The molecule has 1 N–H and O–H groups in total. The number of nitrogens with one attached hydrogen (secondary N) is 1. The zero-order valence-corrected chi connectivity index (χ0v) is 13.8. The molecular formula is C16H7F5N2O3S. The fourth-order valence-electron chi connectivity index (χ4n) is 2.60. The minimum absolute atomic E-state index is 0.188. The predicted molar refractivity (Wildman–Crippen MR) is 81.5 cm³/mol. The van der Waals surface area contributed by atoms with Gasteiger partial charge in [0.05, 0.1) is 22.1 Å². The summed E-state index contributed by atoms with van der Waals surface area (Å²) >= 11 is 0. The molecule has 0 saturated carbocycles. The smallest absolute Gasteiger partial charge is 0.391 e. The van der Waals surface area contributed by atoms with Gasteiger partial charge in [-0.3, -0.25) is 5.41 Å². The van der Waals surface area contributed by atoms with Gasteiger partial charge in [0.2, 0.25) is 9.84 Å². The van der Waals surface area contributed by atoms with Gasteiger partial charge in [-0.2, -0.15) is 14.0 Å². The van der Waals surface area contributed by atoms with Gasteiger partial charge in [-0.1, -0.05) is 0 Å². The SMILES string of the molecule is N#Cc1cc(F)cc(Oc2ccc3c(c2C(F)F)C(=N)C(F)(F)S3(=O)=O)c1. The van der Waals surface area contributed by atoms with E-state index in [4.69, 9.17) is 15.4 Å². The lowest BCUT2D eigenvalue weighted by Crippen LogP contribution is -2.30. The fraction of sp³-hybridized carbons (Fsp3) is 0.125. The Morgan fingerprint density at radius 1 is 1.19 bits per heavy atom. The largest absolute Gasteiger partial charge is 0.457 e. The number of nitriles is 1. The van der Waals surface area contributed by atoms with Gasteiger partial charge in [0, 0.05) is 11.6 Å². The van der Waals surface area contributed by atoms with Gasteiger partial charge in [0.15, 0.2) is 0 Å². The Morgan fingerprint density at radius 3 is 2.44 bits per heavy atom. The molecule has 0 saturated heterocycles. The second-order valence-electron chi connectivity index (χ2n) is 5.44. The third kappa shape index (κ3) is 2.73. The van der Waals surface area contributed by atoms with Crippen LogP contribution in [0.2, 0.25) is 0 Å². The molecule has 5 nitrogen and oxygen atoms in total. The van der Waals surface area contributed by atoms with Crippen molar-refractivity contribution in [3.63, 3.8) is 0 Å². The first-order chi connectivity index (χ1) is 12.5. The molecule has 0 aromatic heterocycles. The Hall–Kier alpha value is -3.00. The van der Waals surface area contributed by atoms with Gasteiger partial charge in [-0.15, -0.1) is 0 Å².